The third-order valence-electron chi connectivity index (χ3n) is 3.68. The van der Waals surface area contributed by atoms with Gasteiger partial charge < -0.3 is 38.3 Å². The number of aliphatic carboxylic acids is 1. The van der Waals surface area contributed by atoms with Gasteiger partial charge in [-0.15, -0.1) is 0 Å². The Kier molecular flexibility index (Phi) is 21.6. The van der Waals surface area contributed by atoms with Gasteiger partial charge in [-0.05, 0) is 12.8 Å². The molecule has 0 aliphatic heterocycles. The number of carbonyl (C=O) groups is 3. The molecule has 11 heteroatoms. The zero-order valence-electron chi connectivity index (χ0n) is 18.3. The van der Waals surface area contributed by atoms with Crippen molar-refractivity contribution in [2.75, 3.05) is 79.8 Å². The van der Waals surface area contributed by atoms with E-state index in [2.05, 4.69) is 4.74 Å². The lowest BCUT2D eigenvalue weighted by Gasteiger charge is -2.08. The summed E-state index contributed by atoms with van der Waals surface area (Å²) in [5, 5.41) is 8.49. The maximum atomic E-state index is 11.4. The van der Waals surface area contributed by atoms with E-state index < -0.39 is 5.97 Å². The minimum Gasteiger partial charge on any atom is -0.481 e. The molecule has 0 saturated heterocycles. The Morgan fingerprint density at radius 3 is 1.42 bits per heavy atom. The number of hydrogen-bond donors (Lipinski definition) is 1. The van der Waals surface area contributed by atoms with Crippen molar-refractivity contribution in [3.05, 3.63) is 0 Å². The largest absolute Gasteiger partial charge is 0.481 e. The first-order chi connectivity index (χ1) is 15.1. The Morgan fingerprint density at radius 1 is 0.548 bits per heavy atom. The second kappa shape index (κ2) is 22.9. The lowest BCUT2D eigenvalue weighted by Crippen LogP contribution is -2.15. The summed E-state index contributed by atoms with van der Waals surface area (Å²) in [7, 11) is 1.34. The van der Waals surface area contributed by atoms with Gasteiger partial charge in [-0.1, -0.05) is 0 Å². The van der Waals surface area contributed by atoms with Crippen LogP contribution in [0.5, 0.6) is 0 Å². The molecular weight excluding hydrogens is 416 g/mol. The van der Waals surface area contributed by atoms with Crippen LogP contribution < -0.4 is 0 Å². The molecule has 0 radical (unpaired) electrons. The van der Waals surface area contributed by atoms with E-state index in [9.17, 15) is 14.4 Å². The van der Waals surface area contributed by atoms with Crippen LogP contribution in [0.1, 0.15) is 32.1 Å². The van der Waals surface area contributed by atoms with Crippen LogP contribution in [0.15, 0.2) is 0 Å². The molecular formula is C20H36O11. The number of carboxylic acid groups (broad SMARTS) is 1. The van der Waals surface area contributed by atoms with Crippen LogP contribution in [0.4, 0.5) is 0 Å². The lowest BCUT2D eigenvalue weighted by molar-refractivity contribution is -0.146. The Bertz CT molecular complexity index is 456. The van der Waals surface area contributed by atoms with E-state index in [1.165, 1.54) is 7.11 Å². The molecule has 0 heterocycles. The summed E-state index contributed by atoms with van der Waals surface area (Å²) in [4.78, 5) is 32.6. The molecule has 0 aromatic carbocycles. The van der Waals surface area contributed by atoms with Gasteiger partial charge in [0, 0.05) is 12.8 Å². The fourth-order valence-corrected chi connectivity index (χ4v) is 2.07. The second-order valence-electron chi connectivity index (χ2n) is 6.21. The normalized spacial score (nSPS) is 10.7. The predicted molar refractivity (Wildman–Crippen MR) is 108 cm³/mol. The highest BCUT2D eigenvalue weighted by atomic mass is 16.6. The van der Waals surface area contributed by atoms with Crippen molar-refractivity contribution in [2.45, 2.75) is 32.1 Å². The van der Waals surface area contributed by atoms with Crippen LogP contribution in [0.3, 0.4) is 0 Å². The van der Waals surface area contributed by atoms with Crippen molar-refractivity contribution in [3.63, 3.8) is 0 Å². The molecule has 0 aromatic heterocycles. The average Bonchev–Trinajstić information content (AvgIpc) is 2.75. The van der Waals surface area contributed by atoms with E-state index in [0.29, 0.717) is 72.3 Å². The van der Waals surface area contributed by atoms with Gasteiger partial charge in [0.2, 0.25) is 0 Å². The predicted octanol–water partition coefficient (Wildman–Crippen LogP) is 0.821. The van der Waals surface area contributed by atoms with Gasteiger partial charge in [-0.25, -0.2) is 0 Å². The molecule has 0 aliphatic carbocycles. The minimum atomic E-state index is -0.864. The van der Waals surface area contributed by atoms with Gasteiger partial charge in [0.05, 0.1) is 79.6 Å². The highest BCUT2D eigenvalue weighted by Gasteiger charge is 2.04. The molecule has 0 aliphatic rings. The minimum absolute atomic E-state index is 0.0610. The maximum absolute atomic E-state index is 11.4. The number of rotatable bonds is 23. The van der Waals surface area contributed by atoms with E-state index in [0.717, 1.165) is 0 Å². The SMILES string of the molecule is COC(=O)CCOCCOCCOCCOCCOCCOC(=O)CCCCC(=O)O. The number of carbonyl (C=O) groups excluding carboxylic acids is 2. The monoisotopic (exact) mass is 452 g/mol. The van der Waals surface area contributed by atoms with E-state index in [4.69, 9.17) is 33.5 Å². The molecule has 1 N–H and O–H groups in total. The van der Waals surface area contributed by atoms with E-state index >= 15 is 0 Å². The first kappa shape index (κ1) is 29.2. The molecule has 0 bridgehead atoms. The van der Waals surface area contributed by atoms with Crippen molar-refractivity contribution in [1.29, 1.82) is 0 Å². The summed E-state index contributed by atoms with van der Waals surface area (Å²) in [6.07, 6.45) is 1.47. The summed E-state index contributed by atoms with van der Waals surface area (Å²) in [5.41, 5.74) is 0. The summed E-state index contributed by atoms with van der Waals surface area (Å²) in [6.45, 7) is 4.16. The highest BCUT2D eigenvalue weighted by Crippen LogP contribution is 2.01. The Labute approximate surface area is 183 Å². The van der Waals surface area contributed by atoms with Crippen LogP contribution in [-0.2, 0) is 47.5 Å². The van der Waals surface area contributed by atoms with Crippen molar-refractivity contribution in [2.24, 2.45) is 0 Å². The molecule has 182 valence electrons. The van der Waals surface area contributed by atoms with Gasteiger partial charge in [0.15, 0.2) is 0 Å². The molecule has 0 amide bonds. The van der Waals surface area contributed by atoms with Crippen molar-refractivity contribution < 1.29 is 52.6 Å². The molecule has 0 rings (SSSR count). The number of methoxy groups -OCH3 is 1. The summed E-state index contributed by atoms with van der Waals surface area (Å²) in [6, 6.07) is 0. The number of hydrogen-bond acceptors (Lipinski definition) is 10. The summed E-state index contributed by atoms with van der Waals surface area (Å²) >= 11 is 0. The molecule has 0 spiro atoms. The lowest BCUT2D eigenvalue weighted by atomic mass is 10.2. The number of carboxylic acids is 1. The number of unbranched alkanes of at least 4 members (excludes halogenated alkanes) is 1. The zero-order valence-corrected chi connectivity index (χ0v) is 18.3. The molecule has 11 nitrogen and oxygen atoms in total. The molecule has 0 atom stereocenters. The Balaban J connectivity index is 3.14. The molecule has 0 unspecified atom stereocenters. The third kappa shape index (κ3) is 24.4. The average molecular weight is 452 g/mol. The van der Waals surface area contributed by atoms with Gasteiger partial charge in [0.1, 0.15) is 6.61 Å². The maximum Gasteiger partial charge on any atom is 0.307 e. The fourth-order valence-electron chi connectivity index (χ4n) is 2.07. The van der Waals surface area contributed by atoms with E-state index in [-0.39, 0.29) is 44.4 Å². The smallest absolute Gasteiger partial charge is 0.307 e. The van der Waals surface area contributed by atoms with Crippen LogP contribution in [-0.4, -0.2) is 103 Å². The van der Waals surface area contributed by atoms with Crippen molar-refractivity contribution in [1.82, 2.24) is 0 Å². The van der Waals surface area contributed by atoms with Gasteiger partial charge in [-0.2, -0.15) is 0 Å². The van der Waals surface area contributed by atoms with Crippen LogP contribution in [0.2, 0.25) is 0 Å². The fraction of sp³-hybridized carbons (Fsp3) is 0.850. The second-order valence-corrected chi connectivity index (χ2v) is 6.21. The Morgan fingerprint density at radius 2 is 0.968 bits per heavy atom. The Hall–Kier alpha value is -1.79. The van der Waals surface area contributed by atoms with Crippen molar-refractivity contribution in [3.8, 4) is 0 Å². The van der Waals surface area contributed by atoms with E-state index in [1.54, 1.807) is 0 Å². The first-order valence-corrected chi connectivity index (χ1v) is 10.4. The standard InChI is InChI=1S/C20H36O11/c1-25-19(23)6-7-26-8-9-27-10-11-28-12-13-29-14-15-30-16-17-31-20(24)5-3-2-4-18(21)22/h2-17H2,1H3,(H,21,22). The third-order valence-corrected chi connectivity index (χ3v) is 3.68. The van der Waals surface area contributed by atoms with Crippen LogP contribution >= 0.6 is 0 Å². The molecule has 0 aromatic rings. The molecule has 0 saturated carbocycles. The van der Waals surface area contributed by atoms with Crippen LogP contribution in [0.25, 0.3) is 0 Å². The van der Waals surface area contributed by atoms with Gasteiger partial charge in [-0.3, -0.25) is 14.4 Å². The van der Waals surface area contributed by atoms with E-state index in [1.807, 2.05) is 0 Å². The van der Waals surface area contributed by atoms with Gasteiger partial charge >= 0.3 is 17.9 Å². The summed E-state index contributed by atoms with van der Waals surface area (Å²) < 4.78 is 36.0. The quantitative estimate of drug-likeness (QED) is 0.174. The number of esters is 2. The number of ether oxygens (including phenoxy) is 7. The van der Waals surface area contributed by atoms with Gasteiger partial charge in [0.25, 0.3) is 0 Å². The zero-order chi connectivity index (χ0) is 23.0. The summed E-state index contributed by atoms with van der Waals surface area (Å²) in [5.74, 6) is -1.51. The topological polar surface area (TPSA) is 136 Å². The molecule has 0 fully saturated rings. The highest BCUT2D eigenvalue weighted by molar-refractivity contribution is 5.70. The molecule has 31 heavy (non-hydrogen) atoms. The van der Waals surface area contributed by atoms with Crippen molar-refractivity contribution >= 4 is 17.9 Å². The van der Waals surface area contributed by atoms with Crippen LogP contribution in [0, 0.1) is 0 Å². The first-order valence-electron chi connectivity index (χ1n) is 10.4.